The zero-order chi connectivity index (χ0) is 19.3. The minimum atomic E-state index is -0.487. The summed E-state index contributed by atoms with van der Waals surface area (Å²) >= 11 is 0. The van der Waals surface area contributed by atoms with Crippen LogP contribution in [0.1, 0.15) is 19.4 Å². The van der Waals surface area contributed by atoms with Crippen molar-refractivity contribution in [3.8, 4) is 11.5 Å². The molecule has 0 fully saturated rings. The summed E-state index contributed by atoms with van der Waals surface area (Å²) in [7, 11) is 1.56. The van der Waals surface area contributed by atoms with Crippen LogP contribution >= 0.6 is 0 Å². The number of methoxy groups -OCH3 is 1. The van der Waals surface area contributed by atoms with Crippen molar-refractivity contribution >= 4 is 23.5 Å². The number of para-hydroxylation sites is 2. The highest BCUT2D eigenvalue weighted by Gasteiger charge is 2.27. The van der Waals surface area contributed by atoms with Crippen LogP contribution in [0.4, 0.5) is 16.2 Å². The number of hydrogen-bond donors (Lipinski definition) is 2. The van der Waals surface area contributed by atoms with Gasteiger partial charge in [0.2, 0.25) is 0 Å². The Bertz CT molecular complexity index is 850. The first-order valence-electron chi connectivity index (χ1n) is 8.84. The molecule has 0 spiro atoms. The second-order valence-electron chi connectivity index (χ2n) is 6.42. The molecular formula is C21H24N2O4. The molecule has 142 valence electrons. The van der Waals surface area contributed by atoms with Gasteiger partial charge in [0.25, 0.3) is 0 Å². The quantitative estimate of drug-likeness (QED) is 0.785. The predicted octanol–water partition coefficient (Wildman–Crippen LogP) is 4.54. The fraction of sp³-hybridized carbons (Fsp3) is 0.286. The zero-order valence-electron chi connectivity index (χ0n) is 15.7. The minimum Gasteiger partial charge on any atom is -0.495 e. The van der Waals surface area contributed by atoms with Crippen LogP contribution < -0.4 is 20.1 Å². The lowest BCUT2D eigenvalue weighted by Crippen LogP contribution is -2.37. The highest BCUT2D eigenvalue weighted by atomic mass is 16.5. The molecule has 1 aliphatic rings. The van der Waals surface area contributed by atoms with Gasteiger partial charge in [-0.3, -0.25) is 0 Å². The fourth-order valence-corrected chi connectivity index (χ4v) is 2.82. The Balaban J connectivity index is 1.67. The van der Waals surface area contributed by atoms with Gasteiger partial charge in [-0.2, -0.15) is 0 Å². The molecule has 0 saturated heterocycles. The van der Waals surface area contributed by atoms with E-state index in [4.69, 9.17) is 14.2 Å². The van der Waals surface area contributed by atoms with Crippen molar-refractivity contribution in [3.05, 3.63) is 54.1 Å². The molecule has 2 amide bonds. The first kappa shape index (κ1) is 18.8. The van der Waals surface area contributed by atoms with E-state index < -0.39 is 5.60 Å². The molecule has 1 unspecified atom stereocenters. The van der Waals surface area contributed by atoms with Gasteiger partial charge < -0.3 is 24.8 Å². The van der Waals surface area contributed by atoms with E-state index >= 15 is 0 Å². The number of amides is 2. The van der Waals surface area contributed by atoms with E-state index in [1.807, 2.05) is 50.3 Å². The smallest absolute Gasteiger partial charge is 0.323 e. The molecule has 1 aliphatic heterocycles. The van der Waals surface area contributed by atoms with E-state index in [0.29, 0.717) is 30.3 Å². The molecule has 0 saturated carbocycles. The summed E-state index contributed by atoms with van der Waals surface area (Å²) in [6.07, 6.45) is 3.96. The van der Waals surface area contributed by atoms with Crippen LogP contribution in [0, 0.1) is 0 Å². The van der Waals surface area contributed by atoms with Crippen LogP contribution in [-0.4, -0.2) is 32.0 Å². The first-order valence-corrected chi connectivity index (χ1v) is 8.84. The molecule has 2 aromatic rings. The van der Waals surface area contributed by atoms with Gasteiger partial charge in [-0.1, -0.05) is 18.2 Å². The number of fused-ring (bicyclic) bond motifs is 1. The highest BCUT2D eigenvalue weighted by Crippen LogP contribution is 2.33. The van der Waals surface area contributed by atoms with Gasteiger partial charge in [-0.05, 0) is 50.3 Å². The van der Waals surface area contributed by atoms with Gasteiger partial charge >= 0.3 is 6.03 Å². The van der Waals surface area contributed by atoms with Gasteiger partial charge in [0.1, 0.15) is 17.1 Å². The van der Waals surface area contributed by atoms with Crippen molar-refractivity contribution in [1.82, 2.24) is 0 Å². The topological polar surface area (TPSA) is 68.8 Å². The van der Waals surface area contributed by atoms with Crippen LogP contribution in [0.5, 0.6) is 11.5 Å². The number of anilines is 2. The van der Waals surface area contributed by atoms with Crippen LogP contribution in [0.15, 0.2) is 48.5 Å². The number of carbonyl (C=O) groups is 1. The molecule has 1 atom stereocenters. The van der Waals surface area contributed by atoms with E-state index in [1.54, 1.807) is 25.3 Å². The molecular weight excluding hydrogens is 344 g/mol. The predicted molar refractivity (Wildman–Crippen MR) is 107 cm³/mol. The van der Waals surface area contributed by atoms with Gasteiger partial charge in [0.15, 0.2) is 0 Å². The monoisotopic (exact) mass is 368 g/mol. The third-order valence-electron chi connectivity index (χ3n) is 4.17. The molecule has 1 heterocycles. The Hall–Kier alpha value is -2.99. The lowest BCUT2D eigenvalue weighted by atomic mass is 10.0. The maximum Gasteiger partial charge on any atom is 0.323 e. The van der Waals surface area contributed by atoms with Gasteiger partial charge in [0, 0.05) is 17.9 Å². The molecule has 0 aliphatic carbocycles. The lowest BCUT2D eigenvalue weighted by molar-refractivity contribution is 0.0188. The van der Waals surface area contributed by atoms with Crippen molar-refractivity contribution in [2.45, 2.75) is 19.4 Å². The van der Waals surface area contributed by atoms with Crippen molar-refractivity contribution in [2.75, 3.05) is 31.0 Å². The third kappa shape index (κ3) is 4.60. The molecule has 2 N–H and O–H groups in total. The van der Waals surface area contributed by atoms with Crippen molar-refractivity contribution in [3.63, 3.8) is 0 Å². The number of urea groups is 1. The largest absolute Gasteiger partial charge is 0.495 e. The average Bonchev–Trinajstić information content (AvgIpc) is 2.67. The Morgan fingerprint density at radius 3 is 2.78 bits per heavy atom. The van der Waals surface area contributed by atoms with Crippen LogP contribution in [0.2, 0.25) is 0 Å². The molecule has 2 aromatic carbocycles. The normalized spacial score (nSPS) is 17.6. The summed E-state index contributed by atoms with van der Waals surface area (Å²) in [5.74, 6) is 1.36. The number of benzene rings is 2. The number of carbonyl (C=O) groups excluding carboxylic acids is 1. The molecule has 0 bridgehead atoms. The Labute approximate surface area is 159 Å². The summed E-state index contributed by atoms with van der Waals surface area (Å²) in [4.78, 5) is 12.3. The third-order valence-corrected chi connectivity index (χ3v) is 4.17. The molecule has 0 radical (unpaired) electrons. The van der Waals surface area contributed by atoms with E-state index in [9.17, 15) is 4.79 Å². The Morgan fingerprint density at radius 2 is 2.00 bits per heavy atom. The summed E-state index contributed by atoms with van der Waals surface area (Å²) < 4.78 is 16.8. The van der Waals surface area contributed by atoms with E-state index in [0.717, 1.165) is 11.3 Å². The van der Waals surface area contributed by atoms with Crippen molar-refractivity contribution in [2.24, 2.45) is 0 Å². The lowest BCUT2D eigenvalue weighted by Gasteiger charge is -2.31. The molecule has 6 heteroatoms. The van der Waals surface area contributed by atoms with Gasteiger partial charge in [0.05, 0.1) is 19.4 Å². The van der Waals surface area contributed by atoms with E-state index in [-0.39, 0.29) is 6.03 Å². The minimum absolute atomic E-state index is 0.346. The van der Waals surface area contributed by atoms with Crippen molar-refractivity contribution < 1.29 is 19.0 Å². The maximum atomic E-state index is 12.3. The zero-order valence-corrected chi connectivity index (χ0v) is 15.7. The van der Waals surface area contributed by atoms with Gasteiger partial charge in [-0.25, -0.2) is 4.79 Å². The van der Waals surface area contributed by atoms with Crippen LogP contribution in [0.3, 0.4) is 0 Å². The molecule has 0 aromatic heterocycles. The number of rotatable bonds is 6. The fourth-order valence-electron chi connectivity index (χ4n) is 2.82. The van der Waals surface area contributed by atoms with Crippen LogP contribution in [-0.2, 0) is 4.74 Å². The molecule has 6 nitrogen and oxygen atoms in total. The second-order valence-corrected chi connectivity index (χ2v) is 6.42. The number of ether oxygens (including phenoxy) is 3. The highest BCUT2D eigenvalue weighted by molar-refractivity contribution is 6.00. The summed E-state index contributed by atoms with van der Waals surface area (Å²) in [6, 6.07) is 12.4. The molecule has 3 rings (SSSR count). The van der Waals surface area contributed by atoms with Crippen molar-refractivity contribution in [1.29, 1.82) is 0 Å². The van der Waals surface area contributed by atoms with E-state index in [2.05, 4.69) is 10.6 Å². The SMILES string of the molecule is CCOCC1(C)C=Cc2cc(NC(=O)Nc3ccccc3OC)ccc2O1. The second kappa shape index (κ2) is 8.14. The number of hydrogen-bond acceptors (Lipinski definition) is 4. The molecule has 27 heavy (non-hydrogen) atoms. The van der Waals surface area contributed by atoms with Gasteiger partial charge in [-0.15, -0.1) is 0 Å². The summed E-state index contributed by atoms with van der Waals surface area (Å²) in [6.45, 7) is 5.07. The van der Waals surface area contributed by atoms with Crippen LogP contribution in [0.25, 0.3) is 6.08 Å². The van der Waals surface area contributed by atoms with E-state index in [1.165, 1.54) is 0 Å². The number of nitrogens with one attached hydrogen (secondary N) is 2. The average molecular weight is 368 g/mol. The first-order chi connectivity index (χ1) is 13.0. The Kier molecular flexibility index (Phi) is 5.66. The Morgan fingerprint density at radius 1 is 1.19 bits per heavy atom. The summed E-state index contributed by atoms with van der Waals surface area (Å²) in [5, 5.41) is 5.61. The maximum absolute atomic E-state index is 12.3. The standard InChI is InChI=1S/C21H24N2O4/c1-4-26-14-21(2)12-11-15-13-16(9-10-18(15)27-21)22-20(24)23-17-7-5-6-8-19(17)25-3/h5-13H,4,14H2,1-3H3,(H2,22,23,24). The summed E-state index contributed by atoms with van der Waals surface area (Å²) in [5.41, 5.74) is 1.69.